The number of aromatic amines is 1. The Morgan fingerprint density at radius 3 is 2.65 bits per heavy atom. The number of aryl methyl sites for hydroxylation is 2. The summed E-state index contributed by atoms with van der Waals surface area (Å²) in [7, 11) is -2.00. The molecule has 1 aliphatic rings. The molecule has 0 unspecified atom stereocenters. The van der Waals surface area contributed by atoms with Crippen molar-refractivity contribution in [1.29, 1.82) is 0 Å². The van der Waals surface area contributed by atoms with Gasteiger partial charge < -0.3 is 4.98 Å². The van der Waals surface area contributed by atoms with E-state index in [-0.39, 0.29) is 5.03 Å². The first-order valence-corrected chi connectivity index (χ1v) is 7.95. The van der Waals surface area contributed by atoms with Gasteiger partial charge in [-0.3, -0.25) is 4.68 Å². The number of nitrogens with one attached hydrogen (secondary N) is 2. The lowest BCUT2D eigenvalue weighted by Gasteiger charge is -2.40. The van der Waals surface area contributed by atoms with Gasteiger partial charge in [-0.15, -0.1) is 0 Å². The minimum absolute atomic E-state index is 0.159. The van der Waals surface area contributed by atoms with Gasteiger partial charge in [0, 0.05) is 18.9 Å². The monoisotopic (exact) mass is 295 g/mol. The fourth-order valence-corrected chi connectivity index (χ4v) is 4.06. The third kappa shape index (κ3) is 2.04. The van der Waals surface area contributed by atoms with Crippen LogP contribution in [-0.4, -0.2) is 28.2 Å². The van der Waals surface area contributed by atoms with Crippen molar-refractivity contribution < 1.29 is 8.42 Å². The van der Waals surface area contributed by atoms with Crippen LogP contribution in [0.2, 0.25) is 0 Å². The van der Waals surface area contributed by atoms with Crippen LogP contribution >= 0.6 is 0 Å². The third-order valence-corrected chi connectivity index (χ3v) is 5.35. The van der Waals surface area contributed by atoms with Gasteiger partial charge in [-0.05, 0) is 32.3 Å². The molecule has 0 spiro atoms. The topological polar surface area (TPSA) is 92.7 Å². The Morgan fingerprint density at radius 2 is 2.20 bits per heavy atom. The number of H-pyrrole nitrogens is 1. The smallest absolute Gasteiger partial charge is 0.258 e. The first kappa shape index (κ1) is 13.3. The molecule has 0 atom stereocenters. The fourth-order valence-electron chi connectivity index (χ4n) is 2.51. The molecule has 2 aromatic heterocycles. The highest BCUT2D eigenvalue weighted by Gasteiger charge is 2.45. The molecule has 2 aromatic rings. The van der Waals surface area contributed by atoms with Crippen molar-refractivity contribution >= 4 is 10.0 Å². The Labute approximate surface area is 117 Å². The molecule has 8 heteroatoms. The molecule has 0 aromatic carbocycles. The van der Waals surface area contributed by atoms with Crippen LogP contribution in [0.1, 0.15) is 30.8 Å². The zero-order chi connectivity index (χ0) is 14.4. The number of nitrogens with zero attached hydrogens (tertiary/aromatic N) is 3. The lowest BCUT2D eigenvalue weighted by Crippen LogP contribution is -2.51. The van der Waals surface area contributed by atoms with Crippen molar-refractivity contribution in [3.63, 3.8) is 0 Å². The molecule has 0 aliphatic heterocycles. The molecule has 2 heterocycles. The van der Waals surface area contributed by atoms with Crippen LogP contribution in [0.15, 0.2) is 23.5 Å². The van der Waals surface area contributed by atoms with Gasteiger partial charge >= 0.3 is 0 Å². The Kier molecular flexibility index (Phi) is 2.94. The largest absolute Gasteiger partial charge is 0.345 e. The summed E-state index contributed by atoms with van der Waals surface area (Å²) in [6, 6.07) is 1.49. The van der Waals surface area contributed by atoms with E-state index in [1.165, 1.54) is 16.9 Å². The summed E-state index contributed by atoms with van der Waals surface area (Å²) in [6.07, 6.45) is 5.66. The molecule has 1 aliphatic carbocycles. The van der Waals surface area contributed by atoms with Gasteiger partial charge in [0.25, 0.3) is 10.0 Å². The van der Waals surface area contributed by atoms with Crippen molar-refractivity contribution in [2.75, 3.05) is 0 Å². The van der Waals surface area contributed by atoms with Crippen molar-refractivity contribution in [3.8, 4) is 0 Å². The number of hydrogen-bond acceptors (Lipinski definition) is 4. The zero-order valence-electron chi connectivity index (χ0n) is 11.4. The molecule has 7 nitrogen and oxygen atoms in total. The maximum Gasteiger partial charge on any atom is 0.258 e. The van der Waals surface area contributed by atoms with E-state index in [2.05, 4.69) is 19.8 Å². The number of aromatic nitrogens is 4. The summed E-state index contributed by atoms with van der Waals surface area (Å²) < 4.78 is 29.1. The molecule has 108 valence electrons. The third-order valence-electron chi connectivity index (χ3n) is 3.74. The highest BCUT2D eigenvalue weighted by Crippen LogP contribution is 2.40. The Morgan fingerprint density at radius 1 is 1.45 bits per heavy atom. The van der Waals surface area contributed by atoms with E-state index in [0.29, 0.717) is 5.82 Å². The van der Waals surface area contributed by atoms with Gasteiger partial charge in [-0.1, -0.05) is 0 Å². The minimum atomic E-state index is -3.61. The maximum atomic E-state index is 12.5. The van der Waals surface area contributed by atoms with Crippen molar-refractivity contribution in [3.05, 3.63) is 30.0 Å². The van der Waals surface area contributed by atoms with E-state index >= 15 is 0 Å². The minimum Gasteiger partial charge on any atom is -0.345 e. The number of rotatable bonds is 4. The van der Waals surface area contributed by atoms with Crippen LogP contribution in [-0.2, 0) is 22.6 Å². The average Bonchev–Trinajstić information content (AvgIpc) is 2.93. The van der Waals surface area contributed by atoms with E-state index in [0.717, 1.165) is 25.0 Å². The second-order valence-electron chi connectivity index (χ2n) is 5.25. The summed E-state index contributed by atoms with van der Waals surface area (Å²) in [4.78, 5) is 7.43. The van der Waals surface area contributed by atoms with E-state index in [1.807, 2.05) is 6.92 Å². The Bertz CT molecular complexity index is 727. The second kappa shape index (κ2) is 4.42. The molecule has 1 saturated carbocycles. The van der Waals surface area contributed by atoms with Crippen LogP contribution in [0.25, 0.3) is 0 Å². The predicted octanol–water partition coefficient (Wildman–Crippen LogP) is 0.809. The van der Waals surface area contributed by atoms with Gasteiger partial charge in [-0.2, -0.15) is 9.82 Å². The standard InChI is InChI=1S/C12H17N5O2S/c1-9-8-13-11(15-9)12(5-3-6-12)16-20(18,19)10-4-7-14-17(10)2/h4,7-8,16H,3,5-6H2,1-2H3,(H,13,15). The Balaban J connectivity index is 1.95. The molecule has 1 fully saturated rings. The van der Waals surface area contributed by atoms with Crippen molar-refractivity contribution in [2.45, 2.75) is 36.8 Å². The highest BCUT2D eigenvalue weighted by molar-refractivity contribution is 7.89. The summed E-state index contributed by atoms with van der Waals surface area (Å²) in [5, 5.41) is 4.07. The number of imidazole rings is 1. The molecular weight excluding hydrogens is 278 g/mol. The first-order valence-electron chi connectivity index (χ1n) is 6.47. The maximum absolute atomic E-state index is 12.5. The van der Waals surface area contributed by atoms with Crippen molar-refractivity contribution in [2.24, 2.45) is 7.05 Å². The number of hydrogen-bond donors (Lipinski definition) is 2. The van der Waals surface area contributed by atoms with E-state index in [4.69, 9.17) is 0 Å². The van der Waals surface area contributed by atoms with Crippen LogP contribution in [0, 0.1) is 6.92 Å². The van der Waals surface area contributed by atoms with Crippen LogP contribution in [0.3, 0.4) is 0 Å². The first-order chi connectivity index (χ1) is 9.43. The van der Waals surface area contributed by atoms with Gasteiger partial charge in [0.15, 0.2) is 5.03 Å². The fraction of sp³-hybridized carbons (Fsp3) is 0.500. The highest BCUT2D eigenvalue weighted by atomic mass is 32.2. The molecule has 0 bridgehead atoms. The summed E-state index contributed by atoms with van der Waals surface area (Å²) >= 11 is 0. The SMILES string of the molecule is Cc1cnc(C2(NS(=O)(=O)c3ccnn3C)CCC2)[nH]1. The van der Waals surface area contributed by atoms with Crippen LogP contribution in [0.5, 0.6) is 0 Å². The average molecular weight is 295 g/mol. The number of sulfonamides is 1. The quantitative estimate of drug-likeness (QED) is 0.873. The lowest BCUT2D eigenvalue weighted by molar-refractivity contribution is 0.211. The van der Waals surface area contributed by atoms with Gasteiger partial charge in [0.2, 0.25) is 0 Å². The van der Waals surface area contributed by atoms with Gasteiger partial charge in [0.1, 0.15) is 5.82 Å². The molecule has 0 saturated heterocycles. The Hall–Kier alpha value is -1.67. The van der Waals surface area contributed by atoms with E-state index in [1.54, 1.807) is 13.2 Å². The van der Waals surface area contributed by atoms with E-state index < -0.39 is 15.6 Å². The molecule has 3 rings (SSSR count). The van der Waals surface area contributed by atoms with Gasteiger partial charge in [0.05, 0.1) is 11.7 Å². The normalized spacial score (nSPS) is 17.9. The lowest BCUT2D eigenvalue weighted by atomic mass is 9.77. The van der Waals surface area contributed by atoms with Crippen LogP contribution < -0.4 is 4.72 Å². The molecule has 20 heavy (non-hydrogen) atoms. The second-order valence-corrected chi connectivity index (χ2v) is 6.88. The molecule has 0 amide bonds. The summed E-state index contributed by atoms with van der Waals surface area (Å²) in [5.41, 5.74) is 0.309. The van der Waals surface area contributed by atoms with E-state index in [9.17, 15) is 8.42 Å². The predicted molar refractivity (Wildman–Crippen MR) is 72.4 cm³/mol. The molecular formula is C12H17N5O2S. The van der Waals surface area contributed by atoms with Gasteiger partial charge in [-0.25, -0.2) is 13.4 Å². The summed E-state index contributed by atoms with van der Waals surface area (Å²) in [6.45, 7) is 1.90. The summed E-state index contributed by atoms with van der Waals surface area (Å²) in [5.74, 6) is 0.687. The molecule has 2 N–H and O–H groups in total. The molecule has 0 radical (unpaired) electrons. The van der Waals surface area contributed by atoms with Crippen LogP contribution in [0.4, 0.5) is 0 Å². The van der Waals surface area contributed by atoms with Crippen molar-refractivity contribution in [1.82, 2.24) is 24.5 Å². The zero-order valence-corrected chi connectivity index (χ0v) is 12.2.